The van der Waals surface area contributed by atoms with E-state index in [2.05, 4.69) is 32.1 Å². The zero-order chi connectivity index (χ0) is 26.4. The maximum Gasteiger partial charge on any atom is 0.310 e. The van der Waals surface area contributed by atoms with Gasteiger partial charge in [0.15, 0.2) is 0 Å². The van der Waals surface area contributed by atoms with Gasteiger partial charge in [-0.2, -0.15) is 0 Å². The summed E-state index contributed by atoms with van der Waals surface area (Å²) in [5, 5.41) is 11.0. The van der Waals surface area contributed by atoms with Crippen LogP contribution in [0.15, 0.2) is 34.9 Å². The standard InChI is InChI=1S/C35H58O2/c1-34(2,33(36)37)35(30-24-18-12-6-3-7-13-19-25-30,31-26-20-14-8-4-9-15-21-27-31)32-28-22-16-10-5-11-17-23-29-32/h24,26,28H,3-23,25,27,29H2,1-2H3,(H,36,37)/b30-24+,31-26+,32-28+. The van der Waals surface area contributed by atoms with Crippen LogP contribution in [0.2, 0.25) is 0 Å². The van der Waals surface area contributed by atoms with Crippen molar-refractivity contribution in [3.8, 4) is 0 Å². The van der Waals surface area contributed by atoms with Crippen molar-refractivity contribution in [3.05, 3.63) is 34.9 Å². The van der Waals surface area contributed by atoms with E-state index in [0.717, 1.165) is 38.5 Å². The molecular formula is C35H58O2. The average molecular weight is 511 g/mol. The normalized spacial score (nSPS) is 27.4. The minimum Gasteiger partial charge on any atom is -0.481 e. The van der Waals surface area contributed by atoms with E-state index >= 15 is 0 Å². The van der Waals surface area contributed by atoms with Gasteiger partial charge in [0.1, 0.15) is 0 Å². The number of aliphatic carboxylic acids is 1. The predicted molar refractivity (Wildman–Crippen MR) is 159 cm³/mol. The SMILES string of the molecule is CC(C)(C(=O)O)C(/C1=C/CCCCCCCC1)(/C1=C/CCCCCCCC1)/C1=C/CCCCCCCC1. The first-order chi connectivity index (χ1) is 18.0. The van der Waals surface area contributed by atoms with Gasteiger partial charge in [0.05, 0.1) is 5.41 Å². The molecule has 37 heavy (non-hydrogen) atoms. The lowest BCUT2D eigenvalue weighted by Gasteiger charge is -2.51. The second-order valence-electron chi connectivity index (χ2n) is 12.8. The molecular weight excluding hydrogens is 452 g/mol. The Morgan fingerprint density at radius 3 is 1.08 bits per heavy atom. The van der Waals surface area contributed by atoms with Gasteiger partial charge in [-0.1, -0.05) is 112 Å². The Kier molecular flexibility index (Phi) is 13.0. The quantitative estimate of drug-likeness (QED) is 0.373. The molecule has 1 N–H and O–H groups in total. The summed E-state index contributed by atoms with van der Waals surface area (Å²) in [5.74, 6) is -0.624. The van der Waals surface area contributed by atoms with Crippen molar-refractivity contribution >= 4 is 5.97 Å². The van der Waals surface area contributed by atoms with E-state index < -0.39 is 16.8 Å². The van der Waals surface area contributed by atoms with Crippen LogP contribution in [-0.2, 0) is 4.79 Å². The monoisotopic (exact) mass is 510 g/mol. The summed E-state index contributed by atoms with van der Waals surface area (Å²) in [6.07, 6.45) is 37.3. The molecule has 0 aromatic heterocycles. The van der Waals surface area contributed by atoms with Crippen LogP contribution in [-0.4, -0.2) is 11.1 Å². The summed E-state index contributed by atoms with van der Waals surface area (Å²) in [5.41, 5.74) is 3.06. The van der Waals surface area contributed by atoms with Gasteiger partial charge < -0.3 is 5.11 Å². The van der Waals surface area contributed by atoms with Gasteiger partial charge in [-0.3, -0.25) is 4.79 Å². The highest BCUT2D eigenvalue weighted by molar-refractivity contribution is 5.78. The highest BCUT2D eigenvalue weighted by Gasteiger charge is 2.55. The van der Waals surface area contributed by atoms with Crippen LogP contribution in [0.25, 0.3) is 0 Å². The topological polar surface area (TPSA) is 37.3 Å². The molecule has 2 nitrogen and oxygen atoms in total. The van der Waals surface area contributed by atoms with Crippen LogP contribution in [0.4, 0.5) is 0 Å². The van der Waals surface area contributed by atoms with Crippen molar-refractivity contribution in [3.63, 3.8) is 0 Å². The summed E-state index contributed by atoms with van der Waals surface area (Å²) < 4.78 is 0. The van der Waals surface area contributed by atoms with Crippen molar-refractivity contribution in [1.82, 2.24) is 0 Å². The first-order valence-electron chi connectivity index (χ1n) is 16.3. The van der Waals surface area contributed by atoms with Crippen LogP contribution in [0, 0.1) is 10.8 Å². The molecule has 0 bridgehead atoms. The minimum atomic E-state index is -0.866. The van der Waals surface area contributed by atoms with Gasteiger partial charge in [0.25, 0.3) is 0 Å². The largest absolute Gasteiger partial charge is 0.481 e. The average Bonchev–Trinajstić information content (AvgIpc) is 2.90. The number of hydrogen-bond donors (Lipinski definition) is 1. The Morgan fingerprint density at radius 1 is 0.514 bits per heavy atom. The van der Waals surface area contributed by atoms with Gasteiger partial charge in [-0.15, -0.1) is 0 Å². The Hall–Kier alpha value is -1.31. The van der Waals surface area contributed by atoms with Gasteiger partial charge in [-0.05, 0) is 90.9 Å². The molecule has 0 aliphatic heterocycles. The van der Waals surface area contributed by atoms with Gasteiger partial charge >= 0.3 is 5.97 Å². The molecule has 3 rings (SSSR count). The van der Waals surface area contributed by atoms with Crippen LogP contribution in [0.3, 0.4) is 0 Å². The lowest BCUT2D eigenvalue weighted by atomic mass is 9.51. The highest BCUT2D eigenvalue weighted by Crippen LogP contribution is 2.60. The third-order valence-corrected chi connectivity index (χ3v) is 9.79. The van der Waals surface area contributed by atoms with Crippen molar-refractivity contribution in [2.75, 3.05) is 0 Å². The first-order valence-corrected chi connectivity index (χ1v) is 16.3. The molecule has 2 heteroatoms. The zero-order valence-corrected chi connectivity index (χ0v) is 24.6. The number of carboxylic acid groups (broad SMARTS) is 1. The molecule has 0 heterocycles. The molecule has 0 fully saturated rings. The zero-order valence-electron chi connectivity index (χ0n) is 24.6. The summed E-state index contributed by atoms with van der Waals surface area (Å²) >= 11 is 0. The van der Waals surface area contributed by atoms with E-state index in [-0.39, 0.29) is 0 Å². The third-order valence-electron chi connectivity index (χ3n) is 9.79. The minimum absolute atomic E-state index is 0.476. The Labute approximate surface area is 229 Å². The van der Waals surface area contributed by atoms with Crippen molar-refractivity contribution in [2.24, 2.45) is 10.8 Å². The predicted octanol–water partition coefficient (Wildman–Crippen LogP) is 11.3. The van der Waals surface area contributed by atoms with E-state index in [1.807, 2.05) is 0 Å². The molecule has 3 aliphatic carbocycles. The van der Waals surface area contributed by atoms with E-state index in [1.165, 1.54) is 132 Å². The number of rotatable bonds is 5. The maximum atomic E-state index is 13.3. The fraction of sp³-hybridized carbons (Fsp3) is 0.800. The van der Waals surface area contributed by atoms with E-state index in [9.17, 15) is 9.90 Å². The van der Waals surface area contributed by atoms with Crippen LogP contribution < -0.4 is 0 Å². The number of carboxylic acids is 1. The molecule has 0 spiro atoms. The molecule has 0 saturated heterocycles. The molecule has 210 valence electrons. The van der Waals surface area contributed by atoms with E-state index in [1.54, 1.807) is 0 Å². The van der Waals surface area contributed by atoms with Crippen molar-refractivity contribution in [2.45, 2.75) is 168 Å². The van der Waals surface area contributed by atoms with E-state index in [0.29, 0.717) is 0 Å². The number of hydrogen-bond acceptors (Lipinski definition) is 1. The number of allylic oxidation sites excluding steroid dienone is 6. The second-order valence-corrected chi connectivity index (χ2v) is 12.8. The van der Waals surface area contributed by atoms with Crippen LogP contribution >= 0.6 is 0 Å². The molecule has 0 atom stereocenters. The summed E-state index contributed by atoms with van der Waals surface area (Å²) in [4.78, 5) is 13.3. The molecule has 0 unspecified atom stereocenters. The first kappa shape index (κ1) is 30.2. The molecule has 0 amide bonds. The maximum absolute atomic E-state index is 13.3. The third kappa shape index (κ3) is 8.09. The molecule has 0 aromatic rings. The smallest absolute Gasteiger partial charge is 0.310 e. The Balaban J connectivity index is 2.25. The molecule has 0 saturated carbocycles. The summed E-state index contributed by atoms with van der Waals surface area (Å²) in [6, 6.07) is 0. The molecule has 0 aromatic carbocycles. The molecule has 3 aliphatic rings. The van der Waals surface area contributed by atoms with Crippen molar-refractivity contribution < 1.29 is 9.90 Å². The summed E-state index contributed by atoms with van der Waals surface area (Å²) in [7, 11) is 0. The van der Waals surface area contributed by atoms with Gasteiger partial charge in [0.2, 0.25) is 0 Å². The number of carbonyl (C=O) groups is 1. The van der Waals surface area contributed by atoms with Crippen LogP contribution in [0.1, 0.15) is 168 Å². The van der Waals surface area contributed by atoms with Gasteiger partial charge in [0, 0.05) is 5.41 Å². The van der Waals surface area contributed by atoms with Crippen molar-refractivity contribution in [1.29, 1.82) is 0 Å². The highest BCUT2D eigenvalue weighted by atomic mass is 16.4. The van der Waals surface area contributed by atoms with Crippen LogP contribution in [0.5, 0.6) is 0 Å². The summed E-state index contributed by atoms with van der Waals surface area (Å²) in [6.45, 7) is 4.16. The fourth-order valence-corrected chi connectivity index (χ4v) is 7.64. The molecule has 0 radical (unpaired) electrons. The second kappa shape index (κ2) is 15.9. The Bertz CT molecular complexity index is 697. The van der Waals surface area contributed by atoms with Gasteiger partial charge in [-0.25, -0.2) is 0 Å². The van der Waals surface area contributed by atoms with E-state index in [4.69, 9.17) is 0 Å². The lowest BCUT2D eigenvalue weighted by Crippen LogP contribution is -2.48. The Morgan fingerprint density at radius 2 is 0.784 bits per heavy atom. The lowest BCUT2D eigenvalue weighted by molar-refractivity contribution is -0.151. The fourth-order valence-electron chi connectivity index (χ4n) is 7.64.